The summed E-state index contributed by atoms with van der Waals surface area (Å²) in [5.74, 6) is -1.77. The smallest absolute Gasteiger partial charge is 0.271 e. The van der Waals surface area contributed by atoms with Gasteiger partial charge in [-0.2, -0.15) is 4.57 Å². The van der Waals surface area contributed by atoms with Gasteiger partial charge in [-0.05, 0) is 52.5 Å². The minimum absolute atomic E-state index is 0.134. The number of thioether (sulfide) groups is 1. The van der Waals surface area contributed by atoms with Crippen molar-refractivity contribution in [2.45, 2.75) is 24.9 Å². The first-order valence-electron chi connectivity index (χ1n) is 10.4. The number of hydrogen-bond acceptors (Lipinski definition) is 5. The zero-order valence-electron chi connectivity index (χ0n) is 18.2. The van der Waals surface area contributed by atoms with E-state index in [1.807, 2.05) is 42.8 Å². The largest absolute Gasteiger partial charge is 0.337 e. The summed E-state index contributed by atoms with van der Waals surface area (Å²) in [6.45, 7) is 3.12. The molecule has 0 fully saturated rings. The predicted molar refractivity (Wildman–Crippen MR) is 139 cm³/mol. The number of aromatic nitrogens is 2. The van der Waals surface area contributed by atoms with Crippen molar-refractivity contribution >= 4 is 67.2 Å². The highest BCUT2D eigenvalue weighted by Crippen LogP contribution is 2.47. The van der Waals surface area contributed by atoms with Crippen LogP contribution >= 0.6 is 50.4 Å². The number of nitrogens with zero attached hydrogens (tertiary/aromatic N) is 3. The Morgan fingerprint density at radius 3 is 2.74 bits per heavy atom. The summed E-state index contributed by atoms with van der Waals surface area (Å²) in [5, 5.41) is 2.66. The molecule has 10 heteroatoms. The summed E-state index contributed by atoms with van der Waals surface area (Å²) in [5.41, 5.74) is 2.57. The second kappa shape index (κ2) is 9.41. The van der Waals surface area contributed by atoms with Crippen LogP contribution in [-0.4, -0.2) is 11.6 Å². The van der Waals surface area contributed by atoms with Crippen LogP contribution in [0.3, 0.4) is 0 Å². The van der Waals surface area contributed by atoms with Crippen molar-refractivity contribution in [2.24, 2.45) is 0 Å². The molecular formula is C24H19BrF2N3OS3+. The molecule has 5 rings (SSSR count). The van der Waals surface area contributed by atoms with Crippen LogP contribution in [0.5, 0.6) is 0 Å². The van der Waals surface area contributed by atoms with Gasteiger partial charge in [0.05, 0.1) is 14.4 Å². The maximum absolute atomic E-state index is 14.4. The Labute approximate surface area is 215 Å². The Hall–Kier alpha value is -2.27. The third-order valence-corrected chi connectivity index (χ3v) is 9.92. The van der Waals surface area contributed by atoms with Gasteiger partial charge in [-0.1, -0.05) is 11.8 Å². The molecule has 0 aliphatic carbocycles. The summed E-state index contributed by atoms with van der Waals surface area (Å²) in [4.78, 5) is 15.3. The molecule has 3 aromatic heterocycles. The molecule has 4 heterocycles. The number of anilines is 1. The van der Waals surface area contributed by atoms with E-state index in [4.69, 9.17) is 0 Å². The molecule has 0 saturated carbocycles. The zero-order valence-corrected chi connectivity index (χ0v) is 22.3. The van der Waals surface area contributed by atoms with Gasteiger partial charge in [0.15, 0.2) is 24.4 Å². The number of benzene rings is 1. The van der Waals surface area contributed by atoms with Gasteiger partial charge < -0.3 is 4.90 Å². The molecule has 1 aliphatic heterocycles. The van der Waals surface area contributed by atoms with Crippen molar-refractivity contribution in [3.63, 3.8) is 0 Å². The van der Waals surface area contributed by atoms with Crippen LogP contribution in [0.15, 0.2) is 61.5 Å². The highest BCUT2D eigenvalue weighted by molar-refractivity contribution is 9.11. The monoisotopic (exact) mass is 578 g/mol. The van der Waals surface area contributed by atoms with E-state index in [0.717, 1.165) is 32.0 Å². The van der Waals surface area contributed by atoms with E-state index in [0.29, 0.717) is 28.3 Å². The van der Waals surface area contributed by atoms with Gasteiger partial charge >= 0.3 is 0 Å². The average Bonchev–Trinajstić information content (AvgIpc) is 3.48. The van der Waals surface area contributed by atoms with Crippen LogP contribution in [0, 0.1) is 11.6 Å². The van der Waals surface area contributed by atoms with Crippen LogP contribution < -0.4 is 24.2 Å². The normalized spacial score (nSPS) is 15.3. The van der Waals surface area contributed by atoms with E-state index < -0.39 is 11.6 Å². The molecule has 34 heavy (non-hydrogen) atoms. The van der Waals surface area contributed by atoms with Gasteiger partial charge in [0.2, 0.25) is 5.69 Å². The minimum atomic E-state index is -0.891. The lowest BCUT2D eigenvalue weighted by molar-refractivity contribution is -0.690. The van der Waals surface area contributed by atoms with Crippen molar-refractivity contribution in [1.29, 1.82) is 0 Å². The molecule has 4 aromatic rings. The maximum atomic E-state index is 14.4. The predicted octanol–water partition coefficient (Wildman–Crippen LogP) is 4.50. The first kappa shape index (κ1) is 23.5. The molecule has 0 unspecified atom stereocenters. The van der Waals surface area contributed by atoms with Crippen LogP contribution in [0.25, 0.3) is 11.1 Å². The first-order chi connectivity index (χ1) is 16.4. The first-order valence-corrected chi connectivity index (χ1v) is 13.7. The molecule has 0 saturated heterocycles. The lowest BCUT2D eigenvalue weighted by Crippen LogP contribution is -2.38. The number of fused-ring (bicyclic) bond motifs is 1. The van der Waals surface area contributed by atoms with Gasteiger partial charge in [0.25, 0.3) is 5.56 Å². The fourth-order valence-electron chi connectivity index (χ4n) is 3.83. The van der Waals surface area contributed by atoms with Crippen molar-refractivity contribution in [2.75, 3.05) is 11.9 Å². The van der Waals surface area contributed by atoms with Crippen molar-refractivity contribution < 1.29 is 13.3 Å². The molecule has 1 aliphatic rings. The molecule has 1 aromatic carbocycles. The van der Waals surface area contributed by atoms with Crippen molar-refractivity contribution in [1.82, 2.24) is 4.57 Å². The quantitative estimate of drug-likeness (QED) is 0.334. The Morgan fingerprint density at radius 2 is 2.00 bits per heavy atom. The van der Waals surface area contributed by atoms with Crippen LogP contribution in [-0.2, 0) is 13.1 Å². The maximum Gasteiger partial charge on any atom is 0.271 e. The van der Waals surface area contributed by atoms with E-state index >= 15 is 0 Å². The fourth-order valence-corrected chi connectivity index (χ4v) is 7.54. The number of thiazole rings is 1. The highest BCUT2D eigenvalue weighted by atomic mass is 79.9. The number of thiophene rings is 1. The second-order valence-corrected chi connectivity index (χ2v) is 11.9. The van der Waals surface area contributed by atoms with Gasteiger partial charge in [0.1, 0.15) is 14.2 Å². The van der Waals surface area contributed by atoms with E-state index in [1.165, 1.54) is 16.9 Å². The summed E-state index contributed by atoms with van der Waals surface area (Å²) in [7, 11) is 1.77. The molecule has 4 nitrogen and oxygen atoms in total. The summed E-state index contributed by atoms with van der Waals surface area (Å²) < 4.78 is 34.5. The van der Waals surface area contributed by atoms with E-state index in [-0.39, 0.29) is 10.5 Å². The highest BCUT2D eigenvalue weighted by Gasteiger charge is 2.29. The second-order valence-electron chi connectivity index (χ2n) is 7.61. The Bertz CT molecular complexity index is 1590. The fraction of sp³-hybridized carbons (Fsp3) is 0.167. The van der Waals surface area contributed by atoms with Crippen LogP contribution in [0.4, 0.5) is 14.5 Å². The Morgan fingerprint density at radius 1 is 1.18 bits per heavy atom. The topological polar surface area (TPSA) is 29.1 Å². The van der Waals surface area contributed by atoms with Gasteiger partial charge in [0, 0.05) is 37.4 Å². The van der Waals surface area contributed by atoms with Gasteiger partial charge in [-0.15, -0.1) is 22.7 Å². The standard InChI is InChI=1S/C24H19BrF2N3OS3/c1-3-30-18(12-15-6-4-5-10-29(15)13-14-9-11-32-22(14)25)33-21(23(30)31)24-28(2)17-8-7-16(26)19(27)20(17)34-24/h4-12H,3,13H2,1-2H3/q+1. The third-order valence-electron chi connectivity index (χ3n) is 5.60. The minimum Gasteiger partial charge on any atom is -0.337 e. The molecule has 0 amide bonds. The van der Waals surface area contributed by atoms with Crippen molar-refractivity contribution in [3.05, 3.63) is 94.2 Å². The zero-order chi connectivity index (χ0) is 24.0. The van der Waals surface area contributed by atoms with Crippen LogP contribution in [0.2, 0.25) is 0 Å². The average molecular weight is 580 g/mol. The number of hydrogen-bond donors (Lipinski definition) is 0. The summed E-state index contributed by atoms with van der Waals surface area (Å²) in [6.07, 6.45) is 4.02. The van der Waals surface area contributed by atoms with E-state index in [2.05, 4.69) is 26.6 Å². The molecule has 0 spiro atoms. The number of halogens is 3. The molecule has 174 valence electrons. The third kappa shape index (κ3) is 4.06. The molecular weight excluding hydrogens is 560 g/mol. The van der Waals surface area contributed by atoms with E-state index in [1.54, 1.807) is 33.9 Å². The number of pyridine rings is 1. The lowest BCUT2D eigenvalue weighted by atomic mass is 10.3. The molecule has 0 bridgehead atoms. The van der Waals surface area contributed by atoms with Crippen molar-refractivity contribution in [3.8, 4) is 0 Å². The van der Waals surface area contributed by atoms with Gasteiger partial charge in [-0.25, -0.2) is 8.78 Å². The summed E-state index contributed by atoms with van der Waals surface area (Å²) in [6, 6.07) is 10.7. The Kier molecular flexibility index (Phi) is 6.49. The molecule has 0 radical (unpaired) electrons. The summed E-state index contributed by atoms with van der Waals surface area (Å²) >= 11 is 7.72. The molecule has 0 atom stereocenters. The SMILES string of the molecule is CCn1c(=Cc2cccc[n+]2Cc2ccsc2Br)sc(=C2Sc3c(ccc(F)c3F)N2C)c1=O. The lowest BCUT2D eigenvalue weighted by Gasteiger charge is -2.12. The van der Waals surface area contributed by atoms with Crippen LogP contribution in [0.1, 0.15) is 18.2 Å². The molecule has 0 N–H and O–H groups in total. The number of rotatable bonds is 4. The Balaban J connectivity index is 1.65. The van der Waals surface area contributed by atoms with E-state index in [9.17, 15) is 13.6 Å². The van der Waals surface area contributed by atoms with Gasteiger partial charge in [-0.3, -0.25) is 9.36 Å².